The molecule has 0 aliphatic carbocycles. The minimum atomic E-state index is -0.0910. The van der Waals surface area contributed by atoms with Crippen molar-refractivity contribution in [2.75, 3.05) is 14.1 Å². The molecule has 0 fully saturated rings. The molecule has 0 aromatic carbocycles. The number of amides is 1. The first-order valence-electron chi connectivity index (χ1n) is 8.12. The van der Waals surface area contributed by atoms with Crippen LogP contribution in [-0.4, -0.2) is 39.9 Å². The van der Waals surface area contributed by atoms with Gasteiger partial charge in [0.2, 0.25) is 0 Å². The molecule has 3 rings (SSSR count). The highest BCUT2D eigenvalue weighted by Gasteiger charge is 2.21. The summed E-state index contributed by atoms with van der Waals surface area (Å²) in [6.45, 7) is 0. The van der Waals surface area contributed by atoms with Crippen molar-refractivity contribution in [2.45, 2.75) is 12.3 Å². The zero-order valence-corrected chi connectivity index (χ0v) is 14.3. The third-order valence-electron chi connectivity index (χ3n) is 4.10. The smallest absolute Gasteiger partial charge is 0.272 e. The fourth-order valence-electron chi connectivity index (χ4n) is 2.82. The molecule has 5 nitrogen and oxygen atoms in total. The van der Waals surface area contributed by atoms with E-state index in [2.05, 4.69) is 27.1 Å². The van der Waals surface area contributed by atoms with Gasteiger partial charge in [-0.2, -0.15) is 0 Å². The van der Waals surface area contributed by atoms with Crippen LogP contribution in [0.4, 0.5) is 0 Å². The summed E-state index contributed by atoms with van der Waals surface area (Å²) in [4.78, 5) is 26.8. The predicted octanol–water partition coefficient (Wildman–Crippen LogP) is 2.95. The van der Waals surface area contributed by atoms with Crippen LogP contribution in [0.2, 0.25) is 0 Å². The van der Waals surface area contributed by atoms with Gasteiger partial charge in [-0.1, -0.05) is 18.2 Å². The van der Waals surface area contributed by atoms with Crippen molar-refractivity contribution in [3.8, 4) is 0 Å². The molecular formula is C20H20N4O. The Hall–Kier alpha value is -3.08. The Labute approximate surface area is 147 Å². The molecule has 0 unspecified atom stereocenters. The second-order valence-corrected chi connectivity index (χ2v) is 6.04. The van der Waals surface area contributed by atoms with E-state index in [1.807, 2.05) is 36.7 Å². The van der Waals surface area contributed by atoms with Gasteiger partial charge in [-0.25, -0.2) is 0 Å². The maximum atomic E-state index is 12.5. The fourth-order valence-corrected chi connectivity index (χ4v) is 2.82. The number of nitrogens with zero attached hydrogens (tertiary/aromatic N) is 4. The molecule has 0 spiro atoms. The minimum Gasteiger partial charge on any atom is -0.343 e. The summed E-state index contributed by atoms with van der Waals surface area (Å²) in [5, 5.41) is 0. The lowest BCUT2D eigenvalue weighted by molar-refractivity contribution is 0.0820. The van der Waals surface area contributed by atoms with E-state index in [9.17, 15) is 4.79 Å². The van der Waals surface area contributed by atoms with Crippen LogP contribution in [0.3, 0.4) is 0 Å². The third-order valence-corrected chi connectivity index (χ3v) is 4.10. The molecule has 0 radical (unpaired) electrons. The molecule has 1 amide bonds. The first kappa shape index (κ1) is 16.8. The topological polar surface area (TPSA) is 59.0 Å². The van der Waals surface area contributed by atoms with Crippen LogP contribution in [0.15, 0.2) is 67.4 Å². The fraction of sp³-hybridized carbons (Fsp3) is 0.200. The lowest BCUT2D eigenvalue weighted by Crippen LogP contribution is -2.24. The largest absolute Gasteiger partial charge is 0.343 e. The Kier molecular flexibility index (Phi) is 5.14. The zero-order valence-electron chi connectivity index (χ0n) is 14.3. The molecule has 25 heavy (non-hydrogen) atoms. The molecule has 3 aromatic heterocycles. The lowest BCUT2D eigenvalue weighted by Gasteiger charge is -2.19. The molecule has 3 aromatic rings. The highest BCUT2D eigenvalue weighted by Crippen LogP contribution is 2.28. The van der Waals surface area contributed by atoms with E-state index in [1.54, 1.807) is 37.6 Å². The summed E-state index contributed by atoms with van der Waals surface area (Å²) in [5.41, 5.74) is 3.58. The molecule has 126 valence electrons. The number of hydrogen-bond donors (Lipinski definition) is 0. The molecule has 0 aliphatic rings. The normalized spacial score (nSPS) is 10.7. The third kappa shape index (κ3) is 3.88. The van der Waals surface area contributed by atoms with Crippen LogP contribution < -0.4 is 0 Å². The Morgan fingerprint density at radius 2 is 1.56 bits per heavy atom. The van der Waals surface area contributed by atoms with Crippen molar-refractivity contribution in [1.82, 2.24) is 19.9 Å². The van der Waals surface area contributed by atoms with Crippen molar-refractivity contribution < 1.29 is 4.79 Å². The summed E-state index contributed by atoms with van der Waals surface area (Å²) in [5.74, 6) is -0.0352. The summed E-state index contributed by atoms with van der Waals surface area (Å²) >= 11 is 0. The molecule has 0 bridgehead atoms. The van der Waals surface area contributed by atoms with Crippen molar-refractivity contribution in [3.05, 3.63) is 89.8 Å². The van der Waals surface area contributed by atoms with E-state index in [0.717, 1.165) is 16.7 Å². The van der Waals surface area contributed by atoms with Gasteiger partial charge in [0.15, 0.2) is 0 Å². The van der Waals surface area contributed by atoms with Crippen LogP contribution in [0.25, 0.3) is 0 Å². The number of hydrogen-bond acceptors (Lipinski definition) is 4. The van der Waals surface area contributed by atoms with Gasteiger partial charge in [0.05, 0.1) is 0 Å². The van der Waals surface area contributed by atoms with Gasteiger partial charge >= 0.3 is 0 Å². The van der Waals surface area contributed by atoms with Gasteiger partial charge in [0.25, 0.3) is 5.91 Å². The Morgan fingerprint density at radius 3 is 2.08 bits per heavy atom. The number of pyridine rings is 3. The highest BCUT2D eigenvalue weighted by atomic mass is 16.2. The second-order valence-electron chi connectivity index (χ2n) is 6.04. The average molecular weight is 332 g/mol. The van der Waals surface area contributed by atoms with E-state index in [1.165, 1.54) is 0 Å². The van der Waals surface area contributed by atoms with Crippen LogP contribution in [0, 0.1) is 0 Å². The van der Waals surface area contributed by atoms with Crippen LogP contribution >= 0.6 is 0 Å². The lowest BCUT2D eigenvalue weighted by atomic mass is 9.87. The van der Waals surface area contributed by atoms with Crippen molar-refractivity contribution in [3.63, 3.8) is 0 Å². The van der Waals surface area contributed by atoms with E-state index in [-0.39, 0.29) is 11.8 Å². The predicted molar refractivity (Wildman–Crippen MR) is 96.3 cm³/mol. The molecule has 0 aliphatic heterocycles. The molecule has 0 atom stereocenters. The Balaban J connectivity index is 2.02. The summed E-state index contributed by atoms with van der Waals surface area (Å²) in [7, 11) is 3.47. The Morgan fingerprint density at radius 1 is 0.960 bits per heavy atom. The number of carbonyl (C=O) groups excluding carboxylic acids is 1. The Bertz CT molecular complexity index is 795. The maximum absolute atomic E-state index is 12.5. The van der Waals surface area contributed by atoms with Crippen molar-refractivity contribution >= 4 is 5.91 Å². The first-order valence-corrected chi connectivity index (χ1v) is 8.12. The summed E-state index contributed by atoms with van der Waals surface area (Å²) in [6.07, 6.45) is 9.55. The van der Waals surface area contributed by atoms with Crippen LogP contribution in [0.1, 0.15) is 33.1 Å². The van der Waals surface area contributed by atoms with Gasteiger partial charge in [-0.15, -0.1) is 0 Å². The van der Waals surface area contributed by atoms with Gasteiger partial charge < -0.3 is 4.90 Å². The molecular weight excluding hydrogens is 312 g/mol. The molecule has 0 N–H and O–H groups in total. The maximum Gasteiger partial charge on any atom is 0.272 e. The highest BCUT2D eigenvalue weighted by molar-refractivity contribution is 5.93. The van der Waals surface area contributed by atoms with Crippen LogP contribution in [0.5, 0.6) is 0 Å². The van der Waals surface area contributed by atoms with E-state index >= 15 is 0 Å². The number of rotatable bonds is 5. The summed E-state index contributed by atoms with van der Waals surface area (Å²) in [6, 6.07) is 11.8. The summed E-state index contributed by atoms with van der Waals surface area (Å²) < 4.78 is 0. The molecule has 5 heteroatoms. The number of carbonyl (C=O) groups is 1. The SMILES string of the molecule is CN(C)C(=O)c1ncccc1CC(c1cccnc1)c1cccnc1. The van der Waals surface area contributed by atoms with E-state index in [4.69, 9.17) is 0 Å². The zero-order chi connectivity index (χ0) is 17.6. The van der Waals surface area contributed by atoms with Gasteiger partial charge in [0.1, 0.15) is 5.69 Å². The van der Waals surface area contributed by atoms with Crippen LogP contribution in [-0.2, 0) is 6.42 Å². The van der Waals surface area contributed by atoms with E-state index in [0.29, 0.717) is 12.1 Å². The second kappa shape index (κ2) is 7.66. The van der Waals surface area contributed by atoms with Gasteiger partial charge in [0, 0.05) is 51.0 Å². The minimum absolute atomic E-state index is 0.0558. The van der Waals surface area contributed by atoms with Gasteiger partial charge in [-0.3, -0.25) is 19.7 Å². The van der Waals surface area contributed by atoms with E-state index < -0.39 is 0 Å². The monoisotopic (exact) mass is 332 g/mol. The standard InChI is InChI=1S/C20H20N4O/c1-24(2)20(25)19-15(6-5-11-23-19)12-18(16-7-3-9-21-13-16)17-8-4-10-22-14-17/h3-11,13-14,18H,12H2,1-2H3. The van der Waals surface area contributed by atoms with Crippen molar-refractivity contribution in [1.29, 1.82) is 0 Å². The molecule has 0 saturated carbocycles. The molecule has 3 heterocycles. The first-order chi connectivity index (χ1) is 12.2. The average Bonchev–Trinajstić information content (AvgIpc) is 2.67. The van der Waals surface area contributed by atoms with Crippen molar-refractivity contribution in [2.24, 2.45) is 0 Å². The number of aromatic nitrogens is 3. The van der Waals surface area contributed by atoms with Gasteiger partial charge in [-0.05, 0) is 41.3 Å². The molecule has 0 saturated heterocycles. The quantitative estimate of drug-likeness (QED) is 0.721.